The highest BCUT2D eigenvalue weighted by atomic mass is 19.1. The minimum absolute atomic E-state index is 0.306. The second-order valence-corrected chi connectivity index (χ2v) is 7.15. The van der Waals surface area contributed by atoms with Crippen LogP contribution < -0.4 is 20.1 Å². The van der Waals surface area contributed by atoms with Gasteiger partial charge in [0.25, 0.3) is 5.91 Å². The van der Waals surface area contributed by atoms with Gasteiger partial charge in [0.2, 0.25) is 0 Å². The number of nitrogens with zero attached hydrogens (tertiary/aromatic N) is 1. The van der Waals surface area contributed by atoms with Crippen molar-refractivity contribution >= 4 is 22.9 Å². The van der Waals surface area contributed by atoms with Crippen molar-refractivity contribution in [2.75, 3.05) is 19.5 Å². The summed E-state index contributed by atoms with van der Waals surface area (Å²) in [6.07, 6.45) is 6.55. The average molecular weight is 426 g/mol. The van der Waals surface area contributed by atoms with Crippen molar-refractivity contribution in [2.45, 2.75) is 40.0 Å². The number of hydrogen-bond acceptors (Lipinski definition) is 5. The third-order valence-corrected chi connectivity index (χ3v) is 5.13. The minimum atomic E-state index is -0.353. The number of fused-ring (bicyclic) bond motifs is 2. The van der Waals surface area contributed by atoms with E-state index in [9.17, 15) is 9.18 Å². The highest BCUT2D eigenvalue weighted by Crippen LogP contribution is 2.50. The zero-order valence-corrected chi connectivity index (χ0v) is 18.6. The Balaban J connectivity index is 2.25. The Labute approximate surface area is 182 Å². The fraction of sp³-hybridized carbons (Fsp3) is 0.333. The molecule has 1 amide bonds. The predicted octanol–water partition coefficient (Wildman–Crippen LogP) is 5.92. The molecule has 0 unspecified atom stereocenters. The van der Waals surface area contributed by atoms with Crippen LogP contribution in [-0.2, 0) is 6.42 Å². The topological polar surface area (TPSA) is 72.5 Å². The van der Waals surface area contributed by atoms with Crippen LogP contribution in [0.2, 0.25) is 0 Å². The number of aryl methyl sites for hydroxylation is 1. The van der Waals surface area contributed by atoms with E-state index in [1.807, 2.05) is 26.0 Å². The van der Waals surface area contributed by atoms with E-state index in [0.29, 0.717) is 51.9 Å². The summed E-state index contributed by atoms with van der Waals surface area (Å²) in [4.78, 5) is 17.0. The van der Waals surface area contributed by atoms with E-state index in [1.54, 1.807) is 21.1 Å². The number of amides is 1. The second kappa shape index (κ2) is 9.64. The molecule has 0 fully saturated rings. The molecule has 6 nitrogen and oxygen atoms in total. The molecule has 1 aliphatic heterocycles. The summed E-state index contributed by atoms with van der Waals surface area (Å²) in [6, 6.07) is 3.87. The lowest BCUT2D eigenvalue weighted by atomic mass is 10.0. The number of halogens is 1. The molecule has 7 heteroatoms. The number of carbonyl (C=O) groups excluding carboxylic acids is 1. The molecule has 0 bridgehead atoms. The fourth-order valence-corrected chi connectivity index (χ4v) is 3.48. The van der Waals surface area contributed by atoms with Gasteiger partial charge in [-0.05, 0) is 49.1 Å². The van der Waals surface area contributed by atoms with Gasteiger partial charge in [-0.25, -0.2) is 4.39 Å². The molecule has 164 valence electrons. The summed E-state index contributed by atoms with van der Waals surface area (Å²) in [6.45, 7) is 5.70. The van der Waals surface area contributed by atoms with Crippen LogP contribution in [0.15, 0.2) is 36.3 Å². The summed E-state index contributed by atoms with van der Waals surface area (Å²) in [5.41, 5.74) is 3.68. The first-order valence-electron chi connectivity index (χ1n) is 10.4. The van der Waals surface area contributed by atoms with E-state index in [0.717, 1.165) is 18.4 Å². The largest absolute Gasteiger partial charge is 0.494 e. The van der Waals surface area contributed by atoms with Crippen molar-refractivity contribution in [3.05, 3.63) is 53.1 Å². The fourth-order valence-electron chi connectivity index (χ4n) is 3.48. The van der Waals surface area contributed by atoms with Crippen LogP contribution in [0.5, 0.6) is 17.2 Å². The summed E-state index contributed by atoms with van der Waals surface area (Å²) < 4.78 is 26.0. The van der Waals surface area contributed by atoms with Crippen LogP contribution in [0.4, 0.5) is 15.8 Å². The van der Waals surface area contributed by atoms with Crippen LogP contribution in [0.3, 0.4) is 0 Å². The van der Waals surface area contributed by atoms with Crippen molar-refractivity contribution in [1.82, 2.24) is 10.3 Å². The Morgan fingerprint density at radius 2 is 2.10 bits per heavy atom. The van der Waals surface area contributed by atoms with Crippen molar-refractivity contribution in [3.63, 3.8) is 0 Å². The zero-order valence-electron chi connectivity index (χ0n) is 18.6. The number of ether oxygens (including phenoxy) is 2. The maximum Gasteiger partial charge on any atom is 0.254 e. The van der Waals surface area contributed by atoms with Gasteiger partial charge in [0, 0.05) is 13.2 Å². The number of benzene rings is 1. The van der Waals surface area contributed by atoms with Crippen molar-refractivity contribution in [3.8, 4) is 17.2 Å². The standard InChI is InChI=1S/C24H28FN3O3/c1-6-9-15(12-16(25)8-3)20-23-21(17(13-27-20)24(29)26-4)28-22-18(30-5)10-14(7-2)11-19(22)31-23/h8,10-13,28H,6-7,9H2,1-5H3,(H,26,29)/b15-12+,16-8+. The molecule has 0 saturated carbocycles. The van der Waals surface area contributed by atoms with Crippen LogP contribution in [0.1, 0.15) is 55.2 Å². The van der Waals surface area contributed by atoms with Crippen molar-refractivity contribution in [2.24, 2.45) is 0 Å². The van der Waals surface area contributed by atoms with Gasteiger partial charge in [-0.2, -0.15) is 0 Å². The smallest absolute Gasteiger partial charge is 0.254 e. The molecule has 0 spiro atoms. The van der Waals surface area contributed by atoms with Crippen LogP contribution in [0.25, 0.3) is 5.57 Å². The lowest BCUT2D eigenvalue weighted by Gasteiger charge is -2.27. The quantitative estimate of drug-likeness (QED) is 0.460. The normalized spacial score (nSPS) is 13.0. The minimum Gasteiger partial charge on any atom is -0.494 e. The van der Waals surface area contributed by atoms with Crippen LogP contribution in [-0.4, -0.2) is 25.0 Å². The van der Waals surface area contributed by atoms with Gasteiger partial charge < -0.3 is 20.1 Å². The molecule has 0 radical (unpaired) electrons. The molecule has 0 aliphatic carbocycles. The number of methoxy groups -OCH3 is 1. The summed E-state index contributed by atoms with van der Waals surface area (Å²) in [7, 11) is 3.14. The molecule has 1 aliphatic rings. The maximum absolute atomic E-state index is 14.1. The number of aromatic nitrogens is 1. The first kappa shape index (κ1) is 22.3. The molecule has 1 aromatic carbocycles. The Bertz CT molecular complexity index is 1060. The molecule has 3 rings (SSSR count). The number of hydrogen-bond donors (Lipinski definition) is 2. The van der Waals surface area contributed by atoms with Crippen LogP contribution in [0, 0.1) is 0 Å². The van der Waals surface area contributed by atoms with E-state index in [4.69, 9.17) is 9.47 Å². The number of rotatable bonds is 7. The van der Waals surface area contributed by atoms with Gasteiger partial charge in [0.05, 0.1) is 18.4 Å². The van der Waals surface area contributed by atoms with Gasteiger partial charge in [-0.3, -0.25) is 9.78 Å². The highest BCUT2D eigenvalue weighted by molar-refractivity contribution is 6.03. The SMILES string of the molecule is C/C=C(F)\C=C(/CCC)c1ncc(C(=O)NC)c2c1Oc1cc(CC)cc(OC)c1N2. The van der Waals surface area contributed by atoms with Crippen LogP contribution >= 0.6 is 0 Å². The van der Waals surface area contributed by atoms with E-state index >= 15 is 0 Å². The maximum atomic E-state index is 14.1. The van der Waals surface area contributed by atoms with E-state index in [2.05, 4.69) is 15.6 Å². The number of nitrogens with one attached hydrogen (secondary N) is 2. The molecule has 2 heterocycles. The second-order valence-electron chi connectivity index (χ2n) is 7.15. The monoisotopic (exact) mass is 425 g/mol. The Kier molecular flexibility index (Phi) is 6.95. The molecule has 0 saturated heterocycles. The van der Waals surface area contributed by atoms with E-state index < -0.39 is 0 Å². The summed E-state index contributed by atoms with van der Waals surface area (Å²) in [5.74, 6) is 0.925. The Morgan fingerprint density at radius 3 is 2.71 bits per heavy atom. The first-order chi connectivity index (χ1) is 15.0. The summed E-state index contributed by atoms with van der Waals surface area (Å²) in [5, 5.41) is 5.94. The number of pyridine rings is 1. The third kappa shape index (κ3) is 4.40. The molecule has 2 aromatic rings. The Hall–Kier alpha value is -3.35. The lowest BCUT2D eigenvalue weighted by Crippen LogP contribution is -2.21. The van der Waals surface area contributed by atoms with Crippen molar-refractivity contribution in [1.29, 1.82) is 0 Å². The van der Waals surface area contributed by atoms with E-state index in [1.165, 1.54) is 18.3 Å². The molecule has 2 N–H and O–H groups in total. The van der Waals surface area contributed by atoms with Gasteiger partial charge >= 0.3 is 0 Å². The predicted molar refractivity (Wildman–Crippen MR) is 121 cm³/mol. The lowest BCUT2D eigenvalue weighted by molar-refractivity contribution is 0.0963. The summed E-state index contributed by atoms with van der Waals surface area (Å²) >= 11 is 0. The highest BCUT2D eigenvalue weighted by Gasteiger charge is 2.29. The van der Waals surface area contributed by atoms with Gasteiger partial charge in [0.1, 0.15) is 23.0 Å². The number of carbonyl (C=O) groups is 1. The first-order valence-corrected chi connectivity index (χ1v) is 10.4. The van der Waals surface area contributed by atoms with Gasteiger partial charge in [-0.1, -0.05) is 26.3 Å². The molecular formula is C24H28FN3O3. The Morgan fingerprint density at radius 1 is 1.32 bits per heavy atom. The molecular weight excluding hydrogens is 397 g/mol. The van der Waals surface area contributed by atoms with Gasteiger partial charge in [-0.15, -0.1) is 0 Å². The third-order valence-electron chi connectivity index (χ3n) is 5.13. The van der Waals surface area contributed by atoms with E-state index in [-0.39, 0.29) is 11.7 Å². The van der Waals surface area contributed by atoms with Crippen molar-refractivity contribution < 1.29 is 18.7 Å². The average Bonchev–Trinajstić information content (AvgIpc) is 2.80. The number of allylic oxidation sites excluding steroid dienone is 4. The number of anilines is 2. The molecule has 31 heavy (non-hydrogen) atoms. The van der Waals surface area contributed by atoms with Gasteiger partial charge in [0.15, 0.2) is 11.5 Å². The zero-order chi connectivity index (χ0) is 22.5. The molecule has 1 aromatic heterocycles. The molecule has 0 atom stereocenters.